The van der Waals surface area contributed by atoms with Crippen molar-refractivity contribution in [3.05, 3.63) is 36.2 Å². The number of hydrogen-bond donors (Lipinski definition) is 2. The van der Waals surface area contributed by atoms with Gasteiger partial charge >= 0.3 is 0 Å². The molecule has 0 bridgehead atoms. The van der Waals surface area contributed by atoms with E-state index in [4.69, 9.17) is 5.73 Å². The minimum atomic E-state index is -0.324. The molecule has 15 heavy (non-hydrogen) atoms. The van der Waals surface area contributed by atoms with Gasteiger partial charge in [-0.15, -0.1) is 9.89 Å². The molecule has 3 N–H and O–H groups in total. The van der Waals surface area contributed by atoms with Gasteiger partial charge in [0.05, 0.1) is 0 Å². The van der Waals surface area contributed by atoms with E-state index < -0.39 is 0 Å². The minimum Gasteiger partial charge on any atom is -0.399 e. The fraction of sp³-hybridized carbons (Fsp3) is 0. The molecule has 0 saturated heterocycles. The zero-order valence-corrected chi connectivity index (χ0v) is 7.66. The largest absolute Gasteiger partial charge is 0.399 e. The van der Waals surface area contributed by atoms with Crippen LogP contribution in [-0.2, 0) is 0 Å². The molecule has 2 rings (SSSR count). The Hall–Kier alpha value is -2.44. The summed E-state index contributed by atoms with van der Waals surface area (Å²) in [6.45, 7) is 0. The first kappa shape index (κ1) is 9.13. The average molecular weight is 204 g/mol. The Kier molecular flexibility index (Phi) is 2.28. The molecule has 0 aliphatic rings. The maximum atomic E-state index is 11.6. The van der Waals surface area contributed by atoms with E-state index in [2.05, 4.69) is 21.0 Å². The number of aromatic nitrogens is 4. The van der Waals surface area contributed by atoms with Crippen LogP contribution in [0.2, 0.25) is 0 Å². The summed E-state index contributed by atoms with van der Waals surface area (Å²) < 4.78 is 0. The quantitative estimate of drug-likeness (QED) is 0.651. The second-order valence-corrected chi connectivity index (χ2v) is 2.82. The SMILES string of the molecule is Nc1cccc(C(=O)Nn2cnnn2)c1. The van der Waals surface area contributed by atoms with Crippen molar-refractivity contribution in [1.29, 1.82) is 0 Å². The first-order valence-electron chi connectivity index (χ1n) is 4.15. The number of nitrogens with one attached hydrogen (secondary N) is 1. The Balaban J connectivity index is 2.15. The molecule has 0 aliphatic heterocycles. The van der Waals surface area contributed by atoms with E-state index in [1.54, 1.807) is 24.3 Å². The van der Waals surface area contributed by atoms with Gasteiger partial charge in [-0.1, -0.05) is 6.07 Å². The van der Waals surface area contributed by atoms with E-state index in [0.29, 0.717) is 11.3 Å². The normalized spacial score (nSPS) is 9.87. The number of carbonyl (C=O) groups excluding carboxylic acids is 1. The summed E-state index contributed by atoms with van der Waals surface area (Å²) in [6, 6.07) is 6.62. The van der Waals surface area contributed by atoms with Crippen LogP contribution in [0.4, 0.5) is 5.69 Å². The van der Waals surface area contributed by atoms with Gasteiger partial charge < -0.3 is 5.73 Å². The lowest BCUT2D eigenvalue weighted by atomic mass is 10.2. The lowest BCUT2D eigenvalue weighted by Crippen LogP contribution is -2.23. The number of nitrogens with zero attached hydrogens (tertiary/aromatic N) is 4. The van der Waals surface area contributed by atoms with Crippen LogP contribution in [0.5, 0.6) is 0 Å². The fourth-order valence-corrected chi connectivity index (χ4v) is 1.06. The highest BCUT2D eigenvalue weighted by Crippen LogP contribution is 2.06. The molecule has 0 unspecified atom stereocenters. The predicted molar refractivity (Wildman–Crippen MR) is 52.4 cm³/mol. The van der Waals surface area contributed by atoms with Crippen LogP contribution in [0.15, 0.2) is 30.6 Å². The van der Waals surface area contributed by atoms with Crippen LogP contribution in [0.1, 0.15) is 10.4 Å². The third-order valence-corrected chi connectivity index (χ3v) is 1.71. The lowest BCUT2D eigenvalue weighted by molar-refractivity contribution is 0.100. The summed E-state index contributed by atoms with van der Waals surface area (Å²) in [5, 5.41) is 10.3. The summed E-state index contributed by atoms with van der Waals surface area (Å²) >= 11 is 0. The Morgan fingerprint density at radius 2 is 2.33 bits per heavy atom. The first-order chi connectivity index (χ1) is 7.25. The van der Waals surface area contributed by atoms with Crippen molar-refractivity contribution in [2.75, 3.05) is 11.2 Å². The van der Waals surface area contributed by atoms with Crippen molar-refractivity contribution >= 4 is 11.6 Å². The molecule has 2 aromatic rings. The molecule has 7 nitrogen and oxygen atoms in total. The molecule has 0 saturated carbocycles. The average Bonchev–Trinajstić information content (AvgIpc) is 2.70. The van der Waals surface area contributed by atoms with E-state index >= 15 is 0 Å². The van der Waals surface area contributed by atoms with Crippen molar-refractivity contribution < 1.29 is 4.79 Å². The summed E-state index contributed by atoms with van der Waals surface area (Å²) in [4.78, 5) is 12.7. The molecule has 0 atom stereocenters. The summed E-state index contributed by atoms with van der Waals surface area (Å²) in [7, 11) is 0. The summed E-state index contributed by atoms with van der Waals surface area (Å²) in [5.74, 6) is -0.324. The number of benzene rings is 1. The van der Waals surface area contributed by atoms with E-state index in [1.165, 1.54) is 6.33 Å². The number of anilines is 1. The van der Waals surface area contributed by atoms with Gasteiger partial charge in [-0.25, -0.2) is 5.43 Å². The van der Waals surface area contributed by atoms with Gasteiger partial charge in [-0.3, -0.25) is 4.79 Å². The standard InChI is InChI=1S/C8H8N6O/c9-7-3-1-2-6(4-7)8(15)11-14-5-10-12-13-14/h1-5H,9H2,(H,11,15). The number of carbonyl (C=O) groups is 1. The first-order valence-corrected chi connectivity index (χ1v) is 4.15. The van der Waals surface area contributed by atoms with E-state index in [0.717, 1.165) is 4.79 Å². The number of nitrogen functional groups attached to an aromatic ring is 1. The topological polar surface area (TPSA) is 98.7 Å². The highest BCUT2D eigenvalue weighted by Gasteiger charge is 2.05. The predicted octanol–water partition coefficient (Wildman–Crippen LogP) is -0.361. The van der Waals surface area contributed by atoms with Crippen LogP contribution >= 0.6 is 0 Å². The van der Waals surface area contributed by atoms with Gasteiger partial charge in [0.2, 0.25) is 0 Å². The molecular formula is C8H8N6O. The van der Waals surface area contributed by atoms with E-state index in [1.807, 2.05) is 0 Å². The van der Waals surface area contributed by atoms with Gasteiger partial charge in [0.1, 0.15) is 0 Å². The van der Waals surface area contributed by atoms with Crippen molar-refractivity contribution in [2.45, 2.75) is 0 Å². The molecule has 76 valence electrons. The Bertz CT molecular complexity index is 466. The third-order valence-electron chi connectivity index (χ3n) is 1.71. The summed E-state index contributed by atoms with van der Waals surface area (Å²) in [5.41, 5.74) is 8.97. The van der Waals surface area contributed by atoms with Crippen LogP contribution in [0.3, 0.4) is 0 Å². The van der Waals surface area contributed by atoms with Crippen LogP contribution in [0.25, 0.3) is 0 Å². The van der Waals surface area contributed by atoms with Crippen LogP contribution < -0.4 is 11.2 Å². The second-order valence-electron chi connectivity index (χ2n) is 2.82. The second kappa shape index (κ2) is 3.74. The van der Waals surface area contributed by atoms with E-state index in [9.17, 15) is 4.79 Å². The summed E-state index contributed by atoms with van der Waals surface area (Å²) in [6.07, 6.45) is 1.28. The number of hydrogen-bond acceptors (Lipinski definition) is 5. The van der Waals surface area contributed by atoms with Gasteiger partial charge in [0.25, 0.3) is 5.91 Å². The van der Waals surface area contributed by atoms with Crippen LogP contribution in [0, 0.1) is 0 Å². The van der Waals surface area contributed by atoms with Crippen molar-refractivity contribution in [3.63, 3.8) is 0 Å². The van der Waals surface area contributed by atoms with Crippen LogP contribution in [-0.4, -0.2) is 26.2 Å². The highest BCUT2D eigenvalue weighted by molar-refractivity contribution is 6.00. The van der Waals surface area contributed by atoms with Crippen molar-refractivity contribution in [3.8, 4) is 0 Å². The third kappa shape index (κ3) is 2.08. The van der Waals surface area contributed by atoms with Crippen molar-refractivity contribution in [2.24, 2.45) is 0 Å². The van der Waals surface area contributed by atoms with Gasteiger partial charge in [-0.2, -0.15) is 0 Å². The van der Waals surface area contributed by atoms with E-state index in [-0.39, 0.29) is 5.91 Å². The molecule has 0 radical (unpaired) electrons. The Labute approximate surface area is 84.9 Å². The monoisotopic (exact) mass is 204 g/mol. The van der Waals surface area contributed by atoms with Gasteiger partial charge in [0.15, 0.2) is 6.33 Å². The fourth-order valence-electron chi connectivity index (χ4n) is 1.06. The molecule has 1 aromatic carbocycles. The van der Waals surface area contributed by atoms with Gasteiger partial charge in [-0.05, 0) is 28.6 Å². The molecule has 7 heteroatoms. The molecule has 0 aliphatic carbocycles. The molecule has 1 amide bonds. The maximum Gasteiger partial charge on any atom is 0.271 e. The van der Waals surface area contributed by atoms with Gasteiger partial charge in [0, 0.05) is 11.3 Å². The zero-order valence-electron chi connectivity index (χ0n) is 7.66. The lowest BCUT2D eigenvalue weighted by Gasteiger charge is -2.03. The zero-order chi connectivity index (χ0) is 10.7. The minimum absolute atomic E-state index is 0.324. The Morgan fingerprint density at radius 1 is 1.47 bits per heavy atom. The molecule has 1 heterocycles. The molecule has 0 spiro atoms. The Morgan fingerprint density at radius 3 is 3.00 bits per heavy atom. The number of amides is 1. The van der Waals surface area contributed by atoms with Crippen molar-refractivity contribution in [1.82, 2.24) is 20.3 Å². The maximum absolute atomic E-state index is 11.6. The smallest absolute Gasteiger partial charge is 0.271 e. The number of tetrazole rings is 1. The number of rotatable bonds is 2. The molecule has 0 fully saturated rings. The number of nitrogens with two attached hydrogens (primary N) is 1. The highest BCUT2D eigenvalue weighted by atomic mass is 16.2. The molecule has 1 aromatic heterocycles. The molecular weight excluding hydrogens is 196 g/mol.